The van der Waals surface area contributed by atoms with E-state index >= 15 is 0 Å². The second-order valence-corrected chi connectivity index (χ2v) is 7.15. The summed E-state index contributed by atoms with van der Waals surface area (Å²) in [6.45, 7) is 4.23. The minimum Gasteiger partial charge on any atom is -0.455 e. The van der Waals surface area contributed by atoms with Crippen LogP contribution in [0.4, 0.5) is 5.95 Å². The molecule has 1 aliphatic rings. The fraction of sp³-hybridized carbons (Fsp3) is 0.368. The van der Waals surface area contributed by atoms with E-state index in [1.54, 1.807) is 23.4 Å². The molecule has 2 heterocycles. The number of rotatable bonds is 6. The number of nitrogens with zero attached hydrogens (tertiary/aromatic N) is 4. The van der Waals surface area contributed by atoms with E-state index in [1.807, 2.05) is 36.1 Å². The third-order valence-electron chi connectivity index (χ3n) is 4.26. The highest BCUT2D eigenvalue weighted by atomic mass is 32.2. The number of piperazine rings is 1. The molecule has 1 amide bonds. The number of carbonyl (C=O) groups is 2. The number of amides is 1. The van der Waals surface area contributed by atoms with Crippen LogP contribution in [0.15, 0.2) is 47.6 Å². The van der Waals surface area contributed by atoms with Crippen LogP contribution in [0, 0.1) is 6.92 Å². The van der Waals surface area contributed by atoms with Crippen molar-refractivity contribution in [1.29, 1.82) is 0 Å². The molecule has 8 heteroatoms. The average molecular weight is 386 g/mol. The number of ether oxygens (including phenoxy) is 1. The van der Waals surface area contributed by atoms with Crippen molar-refractivity contribution >= 4 is 29.6 Å². The standard InChI is InChI=1S/C19H22N4O3S/c1-15-5-2-3-6-16(15)27-14-18(25)26-13-17(24)22-9-11-23(12-10-22)19-20-7-4-8-21-19/h2-8H,9-14H2,1H3. The SMILES string of the molecule is Cc1ccccc1SCC(=O)OCC(=O)N1CCN(c2ncccn2)CC1. The lowest BCUT2D eigenvalue weighted by Crippen LogP contribution is -2.50. The zero-order chi connectivity index (χ0) is 19.1. The molecule has 1 aliphatic heterocycles. The highest BCUT2D eigenvalue weighted by Gasteiger charge is 2.23. The van der Waals surface area contributed by atoms with E-state index in [2.05, 4.69) is 9.97 Å². The Morgan fingerprint density at radius 1 is 1.07 bits per heavy atom. The number of anilines is 1. The second-order valence-electron chi connectivity index (χ2n) is 6.13. The van der Waals surface area contributed by atoms with Crippen LogP contribution < -0.4 is 4.90 Å². The van der Waals surface area contributed by atoms with Gasteiger partial charge < -0.3 is 14.5 Å². The Balaban J connectivity index is 1.38. The molecule has 0 saturated carbocycles. The van der Waals surface area contributed by atoms with Crippen LogP contribution in [0.2, 0.25) is 0 Å². The van der Waals surface area contributed by atoms with Gasteiger partial charge in [-0.3, -0.25) is 9.59 Å². The lowest BCUT2D eigenvalue weighted by Gasteiger charge is -2.34. The number of esters is 1. The predicted molar refractivity (Wildman–Crippen MR) is 104 cm³/mol. The fourth-order valence-corrected chi connectivity index (χ4v) is 3.57. The van der Waals surface area contributed by atoms with Gasteiger partial charge >= 0.3 is 5.97 Å². The van der Waals surface area contributed by atoms with Crippen molar-refractivity contribution in [2.75, 3.05) is 43.4 Å². The summed E-state index contributed by atoms with van der Waals surface area (Å²) in [6, 6.07) is 9.63. The lowest BCUT2D eigenvalue weighted by atomic mass is 10.2. The van der Waals surface area contributed by atoms with Gasteiger partial charge in [-0.05, 0) is 24.6 Å². The van der Waals surface area contributed by atoms with Gasteiger partial charge in [0, 0.05) is 43.5 Å². The van der Waals surface area contributed by atoms with Crippen molar-refractivity contribution in [2.24, 2.45) is 0 Å². The van der Waals surface area contributed by atoms with Gasteiger partial charge in [-0.25, -0.2) is 9.97 Å². The molecule has 27 heavy (non-hydrogen) atoms. The van der Waals surface area contributed by atoms with Gasteiger partial charge in [-0.2, -0.15) is 0 Å². The largest absolute Gasteiger partial charge is 0.455 e. The zero-order valence-electron chi connectivity index (χ0n) is 15.2. The number of hydrogen-bond donors (Lipinski definition) is 0. The Hall–Kier alpha value is -2.61. The van der Waals surface area contributed by atoms with Crippen molar-refractivity contribution in [3.63, 3.8) is 0 Å². The van der Waals surface area contributed by atoms with Crippen LogP contribution in [-0.2, 0) is 14.3 Å². The third-order valence-corrected chi connectivity index (χ3v) is 5.41. The van der Waals surface area contributed by atoms with Gasteiger partial charge in [0.25, 0.3) is 5.91 Å². The molecule has 7 nitrogen and oxygen atoms in total. The zero-order valence-corrected chi connectivity index (χ0v) is 16.0. The second kappa shape index (κ2) is 9.36. The minimum absolute atomic E-state index is 0.169. The van der Waals surface area contributed by atoms with Crippen LogP contribution >= 0.6 is 11.8 Å². The first-order valence-corrected chi connectivity index (χ1v) is 9.76. The first-order valence-electron chi connectivity index (χ1n) is 8.77. The molecule has 0 radical (unpaired) electrons. The van der Waals surface area contributed by atoms with Crippen LogP contribution in [0.3, 0.4) is 0 Å². The summed E-state index contributed by atoms with van der Waals surface area (Å²) in [6.07, 6.45) is 3.41. The molecule has 0 spiro atoms. The molecule has 0 atom stereocenters. The molecule has 2 aromatic rings. The van der Waals surface area contributed by atoms with E-state index in [9.17, 15) is 9.59 Å². The number of benzene rings is 1. The Labute approximate surface area is 162 Å². The van der Waals surface area contributed by atoms with Gasteiger partial charge in [0.15, 0.2) is 6.61 Å². The highest BCUT2D eigenvalue weighted by Crippen LogP contribution is 2.21. The Bertz CT molecular complexity index is 780. The predicted octanol–water partition coefficient (Wildman–Crippen LogP) is 1.77. The van der Waals surface area contributed by atoms with Crippen molar-refractivity contribution in [2.45, 2.75) is 11.8 Å². The van der Waals surface area contributed by atoms with Crippen molar-refractivity contribution in [3.8, 4) is 0 Å². The number of thioether (sulfide) groups is 1. The topological polar surface area (TPSA) is 75.6 Å². The third kappa shape index (κ3) is 5.43. The van der Waals surface area contributed by atoms with Crippen molar-refractivity contribution < 1.29 is 14.3 Å². The van der Waals surface area contributed by atoms with E-state index in [0.717, 1.165) is 10.5 Å². The van der Waals surface area contributed by atoms with Crippen LogP contribution in [0.1, 0.15) is 5.56 Å². The summed E-state index contributed by atoms with van der Waals surface area (Å²) in [5, 5.41) is 0. The van der Waals surface area contributed by atoms with Crippen LogP contribution in [0.25, 0.3) is 0 Å². The number of carbonyl (C=O) groups excluding carboxylic acids is 2. The Morgan fingerprint density at radius 3 is 2.48 bits per heavy atom. The van der Waals surface area contributed by atoms with E-state index in [1.165, 1.54) is 11.8 Å². The number of aryl methyl sites for hydroxylation is 1. The fourth-order valence-electron chi connectivity index (χ4n) is 2.74. The molecule has 1 saturated heterocycles. The molecule has 0 aliphatic carbocycles. The number of aromatic nitrogens is 2. The van der Waals surface area contributed by atoms with Gasteiger partial charge in [0.05, 0.1) is 5.75 Å². The smallest absolute Gasteiger partial charge is 0.316 e. The minimum atomic E-state index is -0.382. The van der Waals surface area contributed by atoms with Crippen molar-refractivity contribution in [3.05, 3.63) is 48.3 Å². The Kier molecular flexibility index (Phi) is 6.64. The van der Waals surface area contributed by atoms with Crippen LogP contribution in [-0.4, -0.2) is 65.3 Å². The monoisotopic (exact) mass is 386 g/mol. The van der Waals surface area contributed by atoms with E-state index in [4.69, 9.17) is 4.74 Å². The first-order chi connectivity index (χ1) is 13.1. The summed E-state index contributed by atoms with van der Waals surface area (Å²) < 4.78 is 5.14. The summed E-state index contributed by atoms with van der Waals surface area (Å²) in [5.41, 5.74) is 1.12. The van der Waals surface area contributed by atoms with E-state index < -0.39 is 0 Å². The normalized spacial score (nSPS) is 14.1. The summed E-state index contributed by atoms with van der Waals surface area (Å²) in [5.74, 6) is 0.312. The molecule has 0 bridgehead atoms. The average Bonchev–Trinajstić information content (AvgIpc) is 2.72. The molecule has 1 aromatic heterocycles. The molecule has 0 N–H and O–H groups in total. The summed E-state index contributed by atoms with van der Waals surface area (Å²) in [7, 11) is 0. The van der Waals surface area contributed by atoms with E-state index in [0.29, 0.717) is 32.1 Å². The molecule has 0 unspecified atom stereocenters. The lowest BCUT2D eigenvalue weighted by molar-refractivity contribution is -0.150. The maximum absolute atomic E-state index is 12.3. The van der Waals surface area contributed by atoms with E-state index in [-0.39, 0.29) is 24.2 Å². The quantitative estimate of drug-likeness (QED) is 0.553. The molecule has 1 aromatic carbocycles. The highest BCUT2D eigenvalue weighted by molar-refractivity contribution is 8.00. The number of hydrogen-bond acceptors (Lipinski definition) is 7. The molecular formula is C19H22N4O3S. The molecular weight excluding hydrogens is 364 g/mol. The maximum atomic E-state index is 12.3. The Morgan fingerprint density at radius 2 is 1.78 bits per heavy atom. The summed E-state index contributed by atoms with van der Waals surface area (Å²) >= 11 is 1.42. The summed E-state index contributed by atoms with van der Waals surface area (Å²) in [4.78, 5) is 37.4. The van der Waals surface area contributed by atoms with Crippen LogP contribution in [0.5, 0.6) is 0 Å². The maximum Gasteiger partial charge on any atom is 0.316 e. The van der Waals surface area contributed by atoms with Gasteiger partial charge in [-0.1, -0.05) is 18.2 Å². The van der Waals surface area contributed by atoms with Gasteiger partial charge in [-0.15, -0.1) is 11.8 Å². The first kappa shape index (κ1) is 19.2. The molecule has 1 fully saturated rings. The van der Waals surface area contributed by atoms with Gasteiger partial charge in [0.2, 0.25) is 5.95 Å². The van der Waals surface area contributed by atoms with Gasteiger partial charge in [0.1, 0.15) is 0 Å². The van der Waals surface area contributed by atoms with Crippen molar-refractivity contribution in [1.82, 2.24) is 14.9 Å². The molecule has 142 valence electrons. The molecule has 3 rings (SSSR count).